The van der Waals surface area contributed by atoms with Gasteiger partial charge in [0.05, 0.1) is 0 Å². The van der Waals surface area contributed by atoms with Crippen molar-refractivity contribution in [3.05, 3.63) is 42.0 Å². The minimum absolute atomic E-state index is 0.0852. The Bertz CT molecular complexity index is 864. The van der Waals surface area contributed by atoms with Gasteiger partial charge in [-0.1, -0.05) is 18.6 Å². The summed E-state index contributed by atoms with van der Waals surface area (Å²) in [5, 5.41) is 2.86. The van der Waals surface area contributed by atoms with Crippen molar-refractivity contribution in [1.82, 2.24) is 9.62 Å². The summed E-state index contributed by atoms with van der Waals surface area (Å²) in [7, 11) is -3.40. The Kier molecular flexibility index (Phi) is 5.79. The monoisotopic (exact) mass is 392 g/mol. The molecule has 0 bridgehead atoms. The lowest BCUT2D eigenvalue weighted by Gasteiger charge is -2.25. The largest absolute Gasteiger partial charge is 0.350 e. The number of sulfonamides is 1. The molecule has 2 heterocycles. The van der Waals surface area contributed by atoms with Crippen molar-refractivity contribution in [2.75, 3.05) is 13.1 Å². The molecule has 3 rings (SSSR count). The van der Waals surface area contributed by atoms with Crippen LogP contribution >= 0.6 is 11.3 Å². The Labute approximate surface area is 159 Å². The Morgan fingerprint density at radius 2 is 1.69 bits per heavy atom. The first-order valence-corrected chi connectivity index (χ1v) is 11.1. The number of nitrogens with one attached hydrogen (secondary N) is 1. The average Bonchev–Trinajstić information content (AvgIpc) is 3.13. The summed E-state index contributed by atoms with van der Waals surface area (Å²) in [4.78, 5) is 12.9. The first-order valence-electron chi connectivity index (χ1n) is 8.89. The molecule has 0 unspecified atom stereocenters. The van der Waals surface area contributed by atoms with Gasteiger partial charge in [0.15, 0.2) is 0 Å². The molecule has 5 nitrogen and oxygen atoms in total. The molecule has 1 N–H and O–H groups in total. The smallest absolute Gasteiger partial charge is 0.252 e. The van der Waals surface area contributed by atoms with Crippen molar-refractivity contribution in [3.8, 4) is 10.4 Å². The third-order valence-corrected chi connectivity index (χ3v) is 7.84. The first kappa shape index (κ1) is 19.1. The van der Waals surface area contributed by atoms with Crippen LogP contribution in [0.3, 0.4) is 0 Å². The second-order valence-electron chi connectivity index (χ2n) is 6.79. The van der Waals surface area contributed by atoms with Gasteiger partial charge in [-0.3, -0.25) is 4.79 Å². The SMILES string of the molecule is CC(C)NC(=O)c1ccc(-c2ccc(S(=O)(=O)N3CCCCC3)s2)cc1. The maximum atomic E-state index is 12.8. The molecule has 1 amide bonds. The molecule has 0 saturated carbocycles. The number of rotatable bonds is 5. The number of thiophene rings is 1. The predicted molar refractivity (Wildman–Crippen MR) is 105 cm³/mol. The minimum Gasteiger partial charge on any atom is -0.350 e. The molecule has 1 aromatic carbocycles. The molecule has 0 aliphatic carbocycles. The molecule has 0 spiro atoms. The van der Waals surface area contributed by atoms with Crippen molar-refractivity contribution in [1.29, 1.82) is 0 Å². The van der Waals surface area contributed by atoms with Crippen molar-refractivity contribution in [2.24, 2.45) is 0 Å². The lowest BCUT2D eigenvalue weighted by Crippen LogP contribution is -2.35. The van der Waals surface area contributed by atoms with Gasteiger partial charge in [0.1, 0.15) is 4.21 Å². The van der Waals surface area contributed by atoms with E-state index in [0.717, 1.165) is 29.7 Å². The summed E-state index contributed by atoms with van der Waals surface area (Å²) in [6, 6.07) is 10.9. The normalized spacial score (nSPS) is 16.0. The Morgan fingerprint density at radius 1 is 1.04 bits per heavy atom. The first-order chi connectivity index (χ1) is 12.4. The van der Waals surface area contributed by atoms with Crippen molar-refractivity contribution in [3.63, 3.8) is 0 Å². The number of hydrogen-bond donors (Lipinski definition) is 1. The Morgan fingerprint density at radius 3 is 2.31 bits per heavy atom. The maximum absolute atomic E-state index is 12.8. The van der Waals surface area contributed by atoms with Gasteiger partial charge in [0.25, 0.3) is 15.9 Å². The number of nitrogens with zero attached hydrogens (tertiary/aromatic N) is 1. The van der Waals surface area contributed by atoms with Gasteiger partial charge in [0, 0.05) is 29.6 Å². The molecule has 7 heteroatoms. The zero-order chi connectivity index (χ0) is 18.7. The maximum Gasteiger partial charge on any atom is 0.252 e. The van der Waals surface area contributed by atoms with Crippen LogP contribution in [-0.2, 0) is 10.0 Å². The van der Waals surface area contributed by atoms with Crippen LogP contribution in [0.1, 0.15) is 43.5 Å². The quantitative estimate of drug-likeness (QED) is 0.843. The number of amides is 1. The number of carbonyl (C=O) groups is 1. The van der Waals surface area contributed by atoms with Crippen LogP contribution in [-0.4, -0.2) is 37.8 Å². The van der Waals surface area contributed by atoms with Gasteiger partial charge in [-0.2, -0.15) is 4.31 Å². The van der Waals surface area contributed by atoms with Gasteiger partial charge in [-0.05, 0) is 56.5 Å². The van der Waals surface area contributed by atoms with Crippen LogP contribution in [0.15, 0.2) is 40.6 Å². The zero-order valence-electron chi connectivity index (χ0n) is 15.1. The van der Waals surface area contributed by atoms with Crippen LogP contribution < -0.4 is 5.32 Å². The van der Waals surface area contributed by atoms with Gasteiger partial charge in [-0.15, -0.1) is 11.3 Å². The fraction of sp³-hybridized carbons (Fsp3) is 0.421. The number of benzene rings is 1. The highest BCUT2D eigenvalue weighted by atomic mass is 32.2. The molecule has 0 atom stereocenters. The van der Waals surface area contributed by atoms with Crippen LogP contribution in [0.2, 0.25) is 0 Å². The van der Waals surface area contributed by atoms with E-state index < -0.39 is 10.0 Å². The van der Waals surface area contributed by atoms with Crippen LogP contribution in [0.25, 0.3) is 10.4 Å². The van der Waals surface area contributed by atoms with E-state index in [1.165, 1.54) is 11.3 Å². The molecule has 140 valence electrons. The zero-order valence-corrected chi connectivity index (χ0v) is 16.7. The summed E-state index contributed by atoms with van der Waals surface area (Å²) in [5.41, 5.74) is 1.51. The Balaban J connectivity index is 1.78. The van der Waals surface area contributed by atoms with E-state index in [-0.39, 0.29) is 11.9 Å². The highest BCUT2D eigenvalue weighted by Crippen LogP contribution is 2.33. The van der Waals surface area contributed by atoms with E-state index in [2.05, 4.69) is 5.32 Å². The Hall–Kier alpha value is -1.70. The summed E-state index contributed by atoms with van der Waals surface area (Å²) in [6.45, 7) is 5.05. The summed E-state index contributed by atoms with van der Waals surface area (Å²) in [6.07, 6.45) is 2.95. The van der Waals surface area contributed by atoms with Gasteiger partial charge in [0.2, 0.25) is 0 Å². The van der Waals surface area contributed by atoms with Gasteiger partial charge < -0.3 is 5.32 Å². The van der Waals surface area contributed by atoms with Gasteiger partial charge in [-0.25, -0.2) is 8.42 Å². The standard InChI is InChI=1S/C19H24N2O3S2/c1-14(2)20-19(22)16-8-6-15(7-9-16)17-10-11-18(25-17)26(23,24)21-12-4-3-5-13-21/h6-11,14H,3-5,12-13H2,1-2H3,(H,20,22). The molecule has 1 fully saturated rings. The second kappa shape index (κ2) is 7.90. The molecule has 1 saturated heterocycles. The highest BCUT2D eigenvalue weighted by Gasteiger charge is 2.27. The molecule has 1 aromatic heterocycles. The molecular formula is C19H24N2O3S2. The van der Waals surface area contributed by atoms with E-state index >= 15 is 0 Å². The lowest BCUT2D eigenvalue weighted by molar-refractivity contribution is 0.0943. The third-order valence-electron chi connectivity index (χ3n) is 4.34. The topological polar surface area (TPSA) is 66.5 Å². The second-order valence-corrected chi connectivity index (χ2v) is 10.0. The lowest BCUT2D eigenvalue weighted by atomic mass is 10.1. The molecule has 2 aromatic rings. The summed E-state index contributed by atoms with van der Waals surface area (Å²) >= 11 is 1.28. The van der Waals surface area contributed by atoms with Crippen LogP contribution in [0, 0.1) is 0 Å². The van der Waals surface area contributed by atoms with E-state index in [1.54, 1.807) is 22.5 Å². The van der Waals surface area contributed by atoms with E-state index in [4.69, 9.17) is 0 Å². The molecule has 0 radical (unpaired) electrons. The van der Waals surface area contributed by atoms with Crippen LogP contribution in [0.4, 0.5) is 0 Å². The summed E-state index contributed by atoms with van der Waals surface area (Å²) in [5.74, 6) is -0.105. The van der Waals surface area contributed by atoms with Crippen molar-refractivity contribution >= 4 is 27.3 Å². The minimum atomic E-state index is -3.40. The number of hydrogen-bond acceptors (Lipinski definition) is 4. The molecule has 26 heavy (non-hydrogen) atoms. The number of piperidine rings is 1. The fourth-order valence-electron chi connectivity index (χ4n) is 2.98. The van der Waals surface area contributed by atoms with Crippen molar-refractivity contribution in [2.45, 2.75) is 43.4 Å². The van der Waals surface area contributed by atoms with E-state index in [0.29, 0.717) is 22.9 Å². The van der Waals surface area contributed by atoms with Gasteiger partial charge >= 0.3 is 0 Å². The van der Waals surface area contributed by atoms with E-state index in [1.807, 2.05) is 32.0 Å². The summed E-state index contributed by atoms with van der Waals surface area (Å²) < 4.78 is 27.5. The molecule has 1 aliphatic rings. The fourth-order valence-corrected chi connectivity index (χ4v) is 5.96. The predicted octanol–water partition coefficient (Wildman–Crippen LogP) is 3.73. The third kappa shape index (κ3) is 4.16. The number of carbonyl (C=O) groups excluding carboxylic acids is 1. The van der Waals surface area contributed by atoms with Crippen LogP contribution in [0.5, 0.6) is 0 Å². The molecule has 1 aliphatic heterocycles. The average molecular weight is 393 g/mol. The molecular weight excluding hydrogens is 368 g/mol. The van der Waals surface area contributed by atoms with E-state index in [9.17, 15) is 13.2 Å². The highest BCUT2D eigenvalue weighted by molar-refractivity contribution is 7.91. The van der Waals surface area contributed by atoms with Crippen molar-refractivity contribution < 1.29 is 13.2 Å².